The molecule has 2 aromatic heterocycles. The van der Waals surface area contributed by atoms with E-state index in [2.05, 4.69) is 46.1 Å². The fourth-order valence-corrected chi connectivity index (χ4v) is 3.88. The summed E-state index contributed by atoms with van der Waals surface area (Å²) >= 11 is 0. The van der Waals surface area contributed by atoms with Gasteiger partial charge in [-0.2, -0.15) is 0 Å². The van der Waals surface area contributed by atoms with Crippen molar-refractivity contribution in [1.29, 1.82) is 0 Å². The third-order valence-corrected chi connectivity index (χ3v) is 5.36. The fourth-order valence-electron chi connectivity index (χ4n) is 3.88. The van der Waals surface area contributed by atoms with E-state index in [1.54, 1.807) is 12.4 Å². The lowest BCUT2D eigenvalue weighted by Gasteiger charge is -2.33. The maximum atomic E-state index is 12.9. The van der Waals surface area contributed by atoms with Crippen molar-refractivity contribution in [3.63, 3.8) is 0 Å². The highest BCUT2D eigenvalue weighted by Gasteiger charge is 2.29. The molecule has 1 unspecified atom stereocenters. The standard InChI is InChI=1S/C23H25N5O/c1-15-6-4-7-18(10-15)20-12-25-17(3)27-22(20)19-8-5-9-28(14-19)23(29)21-13-24-16(2)11-26-21/h4,6-7,10-13,19H,5,8-9,14H2,1-3H3. The number of carbonyl (C=O) groups excluding carboxylic acids is 1. The molecule has 0 N–H and O–H groups in total. The normalized spacial score (nSPS) is 16.7. The SMILES string of the molecule is Cc1cccc(-c2cnc(C)nc2C2CCCN(C(=O)c3cnc(C)cn3)C2)c1. The van der Waals surface area contributed by atoms with Gasteiger partial charge in [0.15, 0.2) is 0 Å². The number of benzene rings is 1. The van der Waals surface area contributed by atoms with Gasteiger partial charge < -0.3 is 4.90 Å². The van der Waals surface area contributed by atoms with Crippen LogP contribution in [0, 0.1) is 20.8 Å². The van der Waals surface area contributed by atoms with Crippen LogP contribution in [0.5, 0.6) is 0 Å². The van der Waals surface area contributed by atoms with E-state index in [9.17, 15) is 4.79 Å². The molecule has 0 saturated carbocycles. The summed E-state index contributed by atoms with van der Waals surface area (Å²) in [6, 6.07) is 8.40. The number of hydrogen-bond donors (Lipinski definition) is 0. The van der Waals surface area contributed by atoms with Gasteiger partial charge in [0.05, 0.1) is 17.6 Å². The van der Waals surface area contributed by atoms with Gasteiger partial charge in [-0.05, 0) is 39.2 Å². The van der Waals surface area contributed by atoms with E-state index < -0.39 is 0 Å². The average Bonchev–Trinajstić information content (AvgIpc) is 2.74. The molecule has 6 heteroatoms. The Labute approximate surface area is 171 Å². The summed E-state index contributed by atoms with van der Waals surface area (Å²) in [6.07, 6.45) is 7.05. The summed E-state index contributed by atoms with van der Waals surface area (Å²) in [7, 11) is 0. The Morgan fingerprint density at radius 3 is 2.69 bits per heavy atom. The van der Waals surface area contributed by atoms with Gasteiger partial charge in [0.2, 0.25) is 0 Å². The van der Waals surface area contributed by atoms with Crippen molar-refractivity contribution in [2.45, 2.75) is 39.5 Å². The van der Waals surface area contributed by atoms with Crippen LogP contribution >= 0.6 is 0 Å². The van der Waals surface area contributed by atoms with Crippen LogP contribution in [0.2, 0.25) is 0 Å². The second-order valence-electron chi connectivity index (χ2n) is 7.72. The number of aromatic nitrogens is 4. The molecule has 0 spiro atoms. The summed E-state index contributed by atoms with van der Waals surface area (Å²) in [4.78, 5) is 32.5. The van der Waals surface area contributed by atoms with Crippen molar-refractivity contribution in [2.75, 3.05) is 13.1 Å². The molecule has 3 aromatic rings. The van der Waals surface area contributed by atoms with Crippen molar-refractivity contribution >= 4 is 5.91 Å². The highest BCUT2D eigenvalue weighted by molar-refractivity contribution is 5.92. The van der Waals surface area contributed by atoms with E-state index in [1.165, 1.54) is 5.56 Å². The molecule has 1 aliphatic heterocycles. The summed E-state index contributed by atoms with van der Waals surface area (Å²) in [6.45, 7) is 7.22. The zero-order valence-electron chi connectivity index (χ0n) is 17.1. The predicted molar refractivity (Wildman–Crippen MR) is 112 cm³/mol. The molecular weight excluding hydrogens is 362 g/mol. The van der Waals surface area contributed by atoms with Crippen molar-refractivity contribution in [1.82, 2.24) is 24.8 Å². The van der Waals surface area contributed by atoms with Crippen LogP contribution in [0.1, 0.15) is 52.0 Å². The molecule has 0 bridgehead atoms. The van der Waals surface area contributed by atoms with E-state index in [-0.39, 0.29) is 11.8 Å². The highest BCUT2D eigenvalue weighted by atomic mass is 16.2. The number of rotatable bonds is 3. The van der Waals surface area contributed by atoms with Gasteiger partial charge in [0.1, 0.15) is 11.5 Å². The van der Waals surface area contributed by atoms with E-state index >= 15 is 0 Å². The highest BCUT2D eigenvalue weighted by Crippen LogP contribution is 2.33. The van der Waals surface area contributed by atoms with Crippen LogP contribution in [0.25, 0.3) is 11.1 Å². The molecular formula is C23H25N5O. The Morgan fingerprint density at radius 1 is 1.07 bits per heavy atom. The molecule has 0 aliphatic carbocycles. The van der Waals surface area contributed by atoms with E-state index in [4.69, 9.17) is 4.98 Å². The number of carbonyl (C=O) groups is 1. The zero-order chi connectivity index (χ0) is 20.4. The number of amides is 1. The summed E-state index contributed by atoms with van der Waals surface area (Å²) < 4.78 is 0. The largest absolute Gasteiger partial charge is 0.337 e. The van der Waals surface area contributed by atoms with Crippen LogP contribution in [0.15, 0.2) is 42.9 Å². The first-order chi connectivity index (χ1) is 14.0. The molecule has 1 fully saturated rings. The quantitative estimate of drug-likeness (QED) is 0.682. The van der Waals surface area contributed by atoms with Crippen molar-refractivity contribution in [3.8, 4) is 11.1 Å². The first-order valence-electron chi connectivity index (χ1n) is 10.00. The maximum absolute atomic E-state index is 12.9. The Hall–Kier alpha value is -3.15. The zero-order valence-corrected chi connectivity index (χ0v) is 17.1. The first kappa shape index (κ1) is 19.2. The number of piperidine rings is 1. The molecule has 1 amide bonds. The Kier molecular flexibility index (Phi) is 5.34. The van der Waals surface area contributed by atoms with Crippen molar-refractivity contribution in [2.24, 2.45) is 0 Å². The lowest BCUT2D eigenvalue weighted by molar-refractivity contribution is 0.0699. The van der Waals surface area contributed by atoms with E-state index in [0.29, 0.717) is 12.2 Å². The Balaban J connectivity index is 1.64. The van der Waals surface area contributed by atoms with Crippen molar-refractivity contribution in [3.05, 3.63) is 71.3 Å². The fraction of sp³-hybridized carbons (Fsp3) is 0.348. The van der Waals surface area contributed by atoms with Gasteiger partial charge in [-0.3, -0.25) is 9.78 Å². The summed E-state index contributed by atoms with van der Waals surface area (Å²) in [5.74, 6) is 0.859. The lowest BCUT2D eigenvalue weighted by Crippen LogP contribution is -2.40. The summed E-state index contributed by atoms with van der Waals surface area (Å²) in [5.41, 5.74) is 5.59. The average molecular weight is 387 g/mol. The third kappa shape index (κ3) is 4.16. The van der Waals surface area contributed by atoms with Gasteiger partial charge >= 0.3 is 0 Å². The van der Waals surface area contributed by atoms with Crippen LogP contribution in [-0.4, -0.2) is 43.8 Å². The molecule has 3 heterocycles. The molecule has 6 nitrogen and oxygen atoms in total. The molecule has 29 heavy (non-hydrogen) atoms. The maximum Gasteiger partial charge on any atom is 0.274 e. The van der Waals surface area contributed by atoms with Gasteiger partial charge in [-0.15, -0.1) is 0 Å². The topological polar surface area (TPSA) is 71.9 Å². The third-order valence-electron chi connectivity index (χ3n) is 5.36. The van der Waals surface area contributed by atoms with E-state index in [0.717, 1.165) is 47.7 Å². The monoisotopic (exact) mass is 387 g/mol. The molecule has 1 atom stereocenters. The predicted octanol–water partition coefficient (Wildman–Crippen LogP) is 3.88. The summed E-state index contributed by atoms with van der Waals surface area (Å²) in [5, 5.41) is 0. The Bertz CT molecular complexity index is 1030. The van der Waals surface area contributed by atoms with Crippen LogP contribution in [-0.2, 0) is 0 Å². The molecule has 1 saturated heterocycles. The minimum atomic E-state index is -0.0647. The molecule has 4 rings (SSSR count). The second kappa shape index (κ2) is 8.07. The van der Waals surface area contributed by atoms with Gasteiger partial charge in [-0.25, -0.2) is 15.0 Å². The molecule has 1 aliphatic rings. The molecule has 1 aromatic carbocycles. The van der Waals surface area contributed by atoms with Crippen LogP contribution in [0.3, 0.4) is 0 Å². The van der Waals surface area contributed by atoms with E-state index in [1.807, 2.05) is 24.9 Å². The minimum absolute atomic E-state index is 0.0647. The molecule has 148 valence electrons. The molecule has 0 radical (unpaired) electrons. The van der Waals surface area contributed by atoms with Crippen LogP contribution in [0.4, 0.5) is 0 Å². The minimum Gasteiger partial charge on any atom is -0.337 e. The number of likely N-dealkylation sites (tertiary alicyclic amines) is 1. The van der Waals surface area contributed by atoms with Crippen molar-refractivity contribution < 1.29 is 4.79 Å². The van der Waals surface area contributed by atoms with Gasteiger partial charge in [0, 0.05) is 37.0 Å². The van der Waals surface area contributed by atoms with Gasteiger partial charge in [0.25, 0.3) is 5.91 Å². The van der Waals surface area contributed by atoms with Crippen LogP contribution < -0.4 is 0 Å². The number of hydrogen-bond acceptors (Lipinski definition) is 5. The first-order valence-corrected chi connectivity index (χ1v) is 10.00. The number of aryl methyl sites for hydroxylation is 3. The second-order valence-corrected chi connectivity index (χ2v) is 7.72. The van der Waals surface area contributed by atoms with Gasteiger partial charge in [-0.1, -0.05) is 29.8 Å². The lowest BCUT2D eigenvalue weighted by atomic mass is 9.89. The number of nitrogens with zero attached hydrogens (tertiary/aromatic N) is 5. The smallest absolute Gasteiger partial charge is 0.274 e. The Morgan fingerprint density at radius 2 is 1.93 bits per heavy atom.